The van der Waals surface area contributed by atoms with Gasteiger partial charge in [0, 0.05) is 0 Å². The summed E-state index contributed by atoms with van der Waals surface area (Å²) in [6.07, 6.45) is 0. The fourth-order valence-corrected chi connectivity index (χ4v) is 4.48. The van der Waals surface area contributed by atoms with Crippen LogP contribution in [0.2, 0.25) is 0 Å². The van der Waals surface area contributed by atoms with E-state index in [0.29, 0.717) is 0 Å². The number of benzene rings is 3. The molecule has 3 aromatic carbocycles. The van der Waals surface area contributed by atoms with Crippen molar-refractivity contribution in [1.82, 2.24) is 0 Å². The SMILES string of the molecule is [As+3].c1ccc(P(c2ccccc2)c2ccccc2)cc1. The molecule has 0 aromatic heterocycles. The van der Waals surface area contributed by atoms with Gasteiger partial charge in [0.1, 0.15) is 0 Å². The summed E-state index contributed by atoms with van der Waals surface area (Å²) in [6, 6.07) is 32.3. The Hall–Kier alpha value is -1.35. The van der Waals surface area contributed by atoms with Crippen molar-refractivity contribution < 1.29 is 0 Å². The molecule has 0 aliphatic rings. The average molecular weight is 337 g/mol. The van der Waals surface area contributed by atoms with E-state index in [4.69, 9.17) is 0 Å². The van der Waals surface area contributed by atoms with E-state index >= 15 is 0 Å². The van der Waals surface area contributed by atoms with Gasteiger partial charge in [0.25, 0.3) is 0 Å². The summed E-state index contributed by atoms with van der Waals surface area (Å²) in [5.41, 5.74) is 0. The zero-order chi connectivity index (χ0) is 12.9. The first-order chi connectivity index (χ1) is 9.45. The minimum Gasteiger partial charge on any atom is -0.0622 e. The second-order valence-corrected chi connectivity index (χ2v) is 6.56. The monoisotopic (exact) mass is 337 g/mol. The fraction of sp³-hybridized carbons (Fsp3) is 0. The van der Waals surface area contributed by atoms with Crippen molar-refractivity contribution >= 4 is 41.8 Å². The molecule has 0 N–H and O–H groups in total. The summed E-state index contributed by atoms with van der Waals surface area (Å²) >= 11 is 0. The molecule has 94 valence electrons. The molecule has 0 bridgehead atoms. The van der Waals surface area contributed by atoms with Gasteiger partial charge in [0.2, 0.25) is 0 Å². The van der Waals surface area contributed by atoms with E-state index < -0.39 is 7.92 Å². The van der Waals surface area contributed by atoms with E-state index in [1.54, 1.807) is 0 Å². The molecule has 0 aliphatic carbocycles. The molecule has 3 aromatic rings. The first-order valence-electron chi connectivity index (χ1n) is 6.40. The van der Waals surface area contributed by atoms with Crippen molar-refractivity contribution in [2.75, 3.05) is 0 Å². The van der Waals surface area contributed by atoms with Gasteiger partial charge in [0.05, 0.1) is 0 Å². The molecule has 0 heterocycles. The third kappa shape index (κ3) is 3.40. The van der Waals surface area contributed by atoms with E-state index in [-0.39, 0.29) is 18.0 Å². The van der Waals surface area contributed by atoms with Crippen LogP contribution in [0.15, 0.2) is 91.0 Å². The van der Waals surface area contributed by atoms with Gasteiger partial charge >= 0.3 is 18.0 Å². The Morgan fingerprint density at radius 2 is 0.650 bits per heavy atom. The Labute approximate surface area is 132 Å². The van der Waals surface area contributed by atoms with Gasteiger partial charge in [-0.25, -0.2) is 0 Å². The smallest absolute Gasteiger partial charge is 0.0622 e. The Morgan fingerprint density at radius 3 is 0.900 bits per heavy atom. The molecule has 2 radical (unpaired) electrons. The van der Waals surface area contributed by atoms with E-state index in [1.165, 1.54) is 15.9 Å². The molecule has 2 heteroatoms. The van der Waals surface area contributed by atoms with Crippen molar-refractivity contribution in [2.45, 2.75) is 0 Å². The molecule has 20 heavy (non-hydrogen) atoms. The topological polar surface area (TPSA) is 0 Å². The van der Waals surface area contributed by atoms with Crippen molar-refractivity contribution in [3.8, 4) is 0 Å². The van der Waals surface area contributed by atoms with Crippen LogP contribution in [0.5, 0.6) is 0 Å². The van der Waals surface area contributed by atoms with Crippen LogP contribution in [0, 0.1) is 0 Å². The van der Waals surface area contributed by atoms with Gasteiger partial charge in [0.15, 0.2) is 0 Å². The molecule has 0 spiro atoms. The molecule has 3 rings (SSSR count). The van der Waals surface area contributed by atoms with Gasteiger partial charge in [-0.1, -0.05) is 91.0 Å². The fourth-order valence-electron chi connectivity index (χ4n) is 2.18. The molecular formula is C18H15AsP+3. The van der Waals surface area contributed by atoms with Gasteiger partial charge in [-0.2, -0.15) is 0 Å². The summed E-state index contributed by atoms with van der Waals surface area (Å²) < 4.78 is 0. The first-order valence-corrected chi connectivity index (χ1v) is 7.74. The van der Waals surface area contributed by atoms with Crippen molar-refractivity contribution in [3.63, 3.8) is 0 Å². The molecule has 0 saturated heterocycles. The van der Waals surface area contributed by atoms with Gasteiger partial charge in [-0.05, 0) is 23.8 Å². The van der Waals surface area contributed by atoms with Crippen LogP contribution in [0.25, 0.3) is 0 Å². The number of rotatable bonds is 3. The molecule has 0 saturated carbocycles. The Bertz CT molecular complexity index is 529. The summed E-state index contributed by atoms with van der Waals surface area (Å²) in [6.45, 7) is 0. The number of hydrogen-bond donors (Lipinski definition) is 0. The van der Waals surface area contributed by atoms with Crippen LogP contribution < -0.4 is 15.9 Å². The molecule has 0 atom stereocenters. The largest absolute Gasteiger partial charge is 3.00 e. The maximum Gasteiger partial charge on any atom is 3.00 e. The van der Waals surface area contributed by atoms with Crippen LogP contribution >= 0.6 is 7.92 Å². The maximum atomic E-state index is 2.23. The zero-order valence-corrected chi connectivity index (χ0v) is 13.8. The van der Waals surface area contributed by atoms with Gasteiger partial charge < -0.3 is 0 Å². The minimum absolute atomic E-state index is 0. The van der Waals surface area contributed by atoms with E-state index in [2.05, 4.69) is 91.0 Å². The molecule has 0 aliphatic heterocycles. The Kier molecular flexibility index (Phi) is 5.59. The zero-order valence-electron chi connectivity index (χ0n) is 11.1. The summed E-state index contributed by atoms with van der Waals surface area (Å²) in [4.78, 5) is 0. The van der Waals surface area contributed by atoms with E-state index in [1.807, 2.05) is 0 Å². The Morgan fingerprint density at radius 1 is 0.400 bits per heavy atom. The third-order valence-electron chi connectivity index (χ3n) is 3.04. The normalized spacial score (nSPS) is 10.1. The predicted molar refractivity (Wildman–Crippen MR) is 90.9 cm³/mol. The second kappa shape index (κ2) is 7.44. The van der Waals surface area contributed by atoms with Gasteiger partial charge in [-0.15, -0.1) is 0 Å². The average Bonchev–Trinajstić information content (AvgIpc) is 2.51. The van der Waals surface area contributed by atoms with Crippen LogP contribution in [0.1, 0.15) is 0 Å². The second-order valence-electron chi connectivity index (χ2n) is 4.34. The van der Waals surface area contributed by atoms with Crippen LogP contribution in [0.4, 0.5) is 0 Å². The minimum atomic E-state index is -0.446. The summed E-state index contributed by atoms with van der Waals surface area (Å²) in [5, 5.41) is 4.19. The molecule has 0 nitrogen and oxygen atoms in total. The van der Waals surface area contributed by atoms with Crippen LogP contribution in [-0.2, 0) is 0 Å². The summed E-state index contributed by atoms with van der Waals surface area (Å²) in [7, 11) is -0.446. The van der Waals surface area contributed by atoms with Crippen molar-refractivity contribution in [3.05, 3.63) is 91.0 Å². The van der Waals surface area contributed by atoms with Crippen molar-refractivity contribution in [2.24, 2.45) is 0 Å². The quantitative estimate of drug-likeness (QED) is 0.509. The van der Waals surface area contributed by atoms with Crippen LogP contribution in [-0.4, -0.2) is 18.0 Å². The maximum absolute atomic E-state index is 2.23. The predicted octanol–water partition coefficient (Wildman–Crippen LogP) is 3.06. The molecule has 0 unspecified atom stereocenters. The van der Waals surface area contributed by atoms with Crippen LogP contribution in [0.3, 0.4) is 0 Å². The molecular weight excluding hydrogens is 322 g/mol. The first kappa shape index (κ1) is 15.0. The van der Waals surface area contributed by atoms with E-state index in [0.717, 1.165) is 0 Å². The number of hydrogen-bond acceptors (Lipinski definition) is 0. The van der Waals surface area contributed by atoms with Crippen molar-refractivity contribution in [1.29, 1.82) is 0 Å². The summed E-state index contributed by atoms with van der Waals surface area (Å²) in [5.74, 6) is 0. The molecule has 0 amide bonds. The standard InChI is InChI=1S/C18H15P.As/c1-4-10-16(11-5-1)19(17-12-6-2-7-13-17)18-14-8-3-9-15-18;/h1-15H;/q;+3. The van der Waals surface area contributed by atoms with Gasteiger partial charge in [-0.3, -0.25) is 0 Å². The Balaban J connectivity index is 0.00000147. The van der Waals surface area contributed by atoms with E-state index in [9.17, 15) is 0 Å². The third-order valence-corrected chi connectivity index (χ3v) is 5.49. The molecule has 0 fully saturated rings.